The van der Waals surface area contributed by atoms with Crippen LogP contribution in [0.5, 0.6) is 11.5 Å². The molecule has 4 nitrogen and oxygen atoms in total. The van der Waals surface area contributed by atoms with Crippen LogP contribution in [0.1, 0.15) is 43.7 Å². The number of ketones is 1. The lowest BCUT2D eigenvalue weighted by Crippen LogP contribution is -2.34. The van der Waals surface area contributed by atoms with Gasteiger partial charge in [-0.05, 0) is 52.4 Å². The number of hydrogen-bond acceptors (Lipinski definition) is 4. The number of nitrogens with one attached hydrogen (secondary N) is 1. The van der Waals surface area contributed by atoms with Gasteiger partial charge in [0, 0.05) is 34.9 Å². The number of carbonyl (C=O) groups is 1. The Kier molecular flexibility index (Phi) is 4.54. The molecule has 2 aliphatic rings. The molecule has 0 fully saturated rings. The lowest BCUT2D eigenvalue weighted by molar-refractivity contribution is -0.118. The number of Topliss-reactive ketones (excluding diaryl/α,β-unsaturated/α-hetero) is 1. The maximum Gasteiger partial charge on any atom is 0.162 e. The lowest BCUT2D eigenvalue weighted by atomic mass is 9.68. The van der Waals surface area contributed by atoms with E-state index in [0.29, 0.717) is 6.42 Å². The number of methoxy groups -OCH3 is 2. The molecule has 0 bridgehead atoms. The largest absolute Gasteiger partial charge is 0.497 e. The van der Waals surface area contributed by atoms with Crippen molar-refractivity contribution in [1.29, 1.82) is 0 Å². The summed E-state index contributed by atoms with van der Waals surface area (Å²) in [6.45, 7) is 4.32. The van der Waals surface area contributed by atoms with Gasteiger partial charge in [-0.2, -0.15) is 0 Å². The van der Waals surface area contributed by atoms with E-state index in [1.165, 1.54) is 0 Å². The Bertz CT molecular complexity index is 1240. The van der Waals surface area contributed by atoms with Crippen molar-refractivity contribution in [3.8, 4) is 11.5 Å². The number of anilines is 1. The van der Waals surface area contributed by atoms with E-state index in [-0.39, 0.29) is 17.1 Å². The molecule has 0 spiro atoms. The minimum Gasteiger partial charge on any atom is -0.497 e. The molecular weight excluding hydrogens is 386 g/mol. The Morgan fingerprint density at radius 3 is 2.55 bits per heavy atom. The fourth-order valence-electron chi connectivity index (χ4n) is 5.18. The molecule has 0 amide bonds. The van der Waals surface area contributed by atoms with Crippen LogP contribution in [-0.4, -0.2) is 20.0 Å². The van der Waals surface area contributed by atoms with Crippen molar-refractivity contribution in [3.63, 3.8) is 0 Å². The van der Waals surface area contributed by atoms with Crippen molar-refractivity contribution in [2.24, 2.45) is 5.41 Å². The maximum atomic E-state index is 13.6. The van der Waals surface area contributed by atoms with Gasteiger partial charge in [0.05, 0.1) is 14.2 Å². The molecule has 1 heterocycles. The van der Waals surface area contributed by atoms with Crippen molar-refractivity contribution >= 4 is 22.2 Å². The fraction of sp³-hybridized carbons (Fsp3) is 0.296. The van der Waals surface area contributed by atoms with Crippen LogP contribution >= 0.6 is 0 Å². The van der Waals surface area contributed by atoms with Gasteiger partial charge in [-0.1, -0.05) is 44.2 Å². The van der Waals surface area contributed by atoms with Crippen LogP contribution in [0.25, 0.3) is 10.8 Å². The monoisotopic (exact) mass is 413 g/mol. The topological polar surface area (TPSA) is 47.6 Å². The fourth-order valence-corrected chi connectivity index (χ4v) is 5.18. The second-order valence-electron chi connectivity index (χ2n) is 9.25. The summed E-state index contributed by atoms with van der Waals surface area (Å²) >= 11 is 0. The second kappa shape index (κ2) is 7.16. The normalized spacial score (nSPS) is 19.5. The summed E-state index contributed by atoms with van der Waals surface area (Å²) in [4.78, 5) is 13.6. The Hall–Kier alpha value is -3.27. The molecule has 3 aromatic rings. The number of carbonyl (C=O) groups excluding carboxylic acids is 1. The van der Waals surface area contributed by atoms with E-state index in [1.54, 1.807) is 14.2 Å². The zero-order valence-electron chi connectivity index (χ0n) is 18.4. The summed E-state index contributed by atoms with van der Waals surface area (Å²) in [5.74, 6) is 1.50. The van der Waals surface area contributed by atoms with Gasteiger partial charge in [0.15, 0.2) is 5.78 Å². The smallest absolute Gasteiger partial charge is 0.162 e. The first-order valence-electron chi connectivity index (χ1n) is 10.7. The Morgan fingerprint density at radius 1 is 0.968 bits per heavy atom. The van der Waals surface area contributed by atoms with Crippen molar-refractivity contribution in [2.45, 2.75) is 32.6 Å². The first-order chi connectivity index (χ1) is 14.9. The number of benzene rings is 3. The van der Waals surface area contributed by atoms with Gasteiger partial charge >= 0.3 is 0 Å². The molecule has 1 unspecified atom stereocenters. The summed E-state index contributed by atoms with van der Waals surface area (Å²) in [5.41, 5.74) is 4.95. The van der Waals surface area contributed by atoms with Gasteiger partial charge in [0.1, 0.15) is 11.5 Å². The van der Waals surface area contributed by atoms with E-state index in [1.807, 2.05) is 24.3 Å². The maximum absolute atomic E-state index is 13.6. The Labute approximate surface area is 182 Å². The predicted octanol–water partition coefficient (Wildman–Crippen LogP) is 6.06. The minimum absolute atomic E-state index is 0.0692. The second-order valence-corrected chi connectivity index (χ2v) is 9.25. The third-order valence-corrected chi connectivity index (χ3v) is 6.50. The first kappa shape index (κ1) is 19.7. The molecule has 4 heteroatoms. The summed E-state index contributed by atoms with van der Waals surface area (Å²) in [6, 6.07) is 18.5. The van der Waals surface area contributed by atoms with Gasteiger partial charge in [0.25, 0.3) is 0 Å². The van der Waals surface area contributed by atoms with E-state index in [4.69, 9.17) is 9.47 Å². The number of fused-ring (bicyclic) bond motifs is 3. The number of rotatable bonds is 3. The van der Waals surface area contributed by atoms with Gasteiger partial charge in [-0.25, -0.2) is 0 Å². The van der Waals surface area contributed by atoms with E-state index in [0.717, 1.165) is 56.8 Å². The standard InChI is InChI=1S/C27H27NO3/c1-27(2)14-21-26(22(29)15-27)25(19-13-17(30-3)10-12-23(19)31-4)24-18-8-6-5-7-16(18)9-11-20(24)28-21/h5-13,25,28H,14-15H2,1-4H3. The van der Waals surface area contributed by atoms with E-state index in [9.17, 15) is 4.79 Å². The molecule has 3 aromatic carbocycles. The van der Waals surface area contributed by atoms with Gasteiger partial charge in [-0.3, -0.25) is 4.79 Å². The highest BCUT2D eigenvalue weighted by atomic mass is 16.5. The predicted molar refractivity (Wildman–Crippen MR) is 124 cm³/mol. The van der Waals surface area contributed by atoms with Crippen molar-refractivity contribution < 1.29 is 14.3 Å². The molecule has 0 saturated carbocycles. The van der Waals surface area contributed by atoms with E-state index >= 15 is 0 Å². The molecule has 158 valence electrons. The number of ether oxygens (including phenoxy) is 2. The first-order valence-corrected chi connectivity index (χ1v) is 10.7. The van der Waals surface area contributed by atoms with Crippen LogP contribution in [0, 0.1) is 5.41 Å². The highest BCUT2D eigenvalue weighted by Gasteiger charge is 2.42. The van der Waals surface area contributed by atoms with Crippen LogP contribution in [-0.2, 0) is 4.79 Å². The van der Waals surface area contributed by atoms with Gasteiger partial charge in [0.2, 0.25) is 0 Å². The minimum atomic E-state index is -0.217. The van der Waals surface area contributed by atoms with Crippen LogP contribution in [0.2, 0.25) is 0 Å². The molecule has 31 heavy (non-hydrogen) atoms. The number of allylic oxidation sites excluding steroid dienone is 2. The molecule has 0 radical (unpaired) electrons. The van der Waals surface area contributed by atoms with Gasteiger partial charge in [-0.15, -0.1) is 0 Å². The van der Waals surface area contributed by atoms with E-state index in [2.05, 4.69) is 49.5 Å². The zero-order chi connectivity index (χ0) is 21.8. The average Bonchev–Trinajstić information content (AvgIpc) is 2.76. The summed E-state index contributed by atoms with van der Waals surface area (Å²) in [6.07, 6.45) is 1.37. The summed E-state index contributed by atoms with van der Waals surface area (Å²) in [7, 11) is 3.34. The van der Waals surface area contributed by atoms with E-state index < -0.39 is 0 Å². The summed E-state index contributed by atoms with van der Waals surface area (Å²) < 4.78 is 11.3. The third-order valence-electron chi connectivity index (χ3n) is 6.50. The van der Waals surface area contributed by atoms with Gasteiger partial charge < -0.3 is 14.8 Å². The Morgan fingerprint density at radius 2 is 1.77 bits per heavy atom. The molecule has 1 aliphatic heterocycles. The van der Waals surface area contributed by atoms with Crippen LogP contribution < -0.4 is 14.8 Å². The molecule has 1 aliphatic carbocycles. The van der Waals surface area contributed by atoms with Crippen LogP contribution in [0.15, 0.2) is 65.9 Å². The third kappa shape index (κ3) is 3.18. The molecule has 5 rings (SSSR count). The molecule has 1 atom stereocenters. The lowest BCUT2D eigenvalue weighted by Gasteiger charge is -2.40. The van der Waals surface area contributed by atoms with Crippen molar-refractivity contribution in [2.75, 3.05) is 19.5 Å². The van der Waals surface area contributed by atoms with Crippen LogP contribution in [0.4, 0.5) is 5.69 Å². The highest BCUT2D eigenvalue weighted by Crippen LogP contribution is 2.52. The zero-order valence-corrected chi connectivity index (χ0v) is 18.4. The average molecular weight is 414 g/mol. The molecule has 1 N–H and O–H groups in total. The highest BCUT2D eigenvalue weighted by molar-refractivity contribution is 6.04. The molecule has 0 aromatic heterocycles. The van der Waals surface area contributed by atoms with Crippen molar-refractivity contribution in [3.05, 3.63) is 77.0 Å². The van der Waals surface area contributed by atoms with Crippen LogP contribution in [0.3, 0.4) is 0 Å². The SMILES string of the molecule is COc1ccc(OC)c(C2C3=C(CC(C)(C)CC3=O)Nc3ccc4ccccc4c32)c1. The quantitative estimate of drug-likeness (QED) is 0.567. The van der Waals surface area contributed by atoms with Crippen molar-refractivity contribution in [1.82, 2.24) is 0 Å². The Balaban J connectivity index is 1.85. The molecular formula is C27H27NO3. The number of hydrogen-bond donors (Lipinski definition) is 1. The molecule has 0 saturated heterocycles. The summed E-state index contributed by atoms with van der Waals surface area (Å²) in [5, 5.41) is 5.93.